The number of nitrogens with zero attached hydrogens (tertiary/aromatic N) is 5. The van der Waals surface area contributed by atoms with E-state index in [2.05, 4.69) is 60.6 Å². The lowest BCUT2D eigenvalue weighted by molar-refractivity contribution is 0.0984. The van der Waals surface area contributed by atoms with E-state index in [1.54, 1.807) is 6.07 Å². The Morgan fingerprint density at radius 1 is 1.05 bits per heavy atom. The Hall–Kier alpha value is -3.64. The molecule has 0 saturated carbocycles. The third-order valence-electron chi connectivity index (χ3n) is 7.50. The largest absolute Gasteiger partial charge is 0.362 e. The van der Waals surface area contributed by atoms with Crippen LogP contribution in [0, 0.1) is 17.2 Å². The zero-order valence-corrected chi connectivity index (χ0v) is 24.0. The summed E-state index contributed by atoms with van der Waals surface area (Å²) in [4.78, 5) is 30.2. The summed E-state index contributed by atoms with van der Waals surface area (Å²) in [5.74, 6) is 1.65. The molecule has 2 N–H and O–H groups in total. The molecule has 3 aromatic rings. The molecule has 0 radical (unpaired) electrons. The Balaban J connectivity index is 1.56. The van der Waals surface area contributed by atoms with Gasteiger partial charge in [-0.3, -0.25) is 9.52 Å². The van der Waals surface area contributed by atoms with Gasteiger partial charge >= 0.3 is 0 Å². The van der Waals surface area contributed by atoms with Crippen molar-refractivity contribution in [2.24, 2.45) is 5.92 Å². The van der Waals surface area contributed by atoms with Gasteiger partial charge < -0.3 is 10.2 Å². The predicted octanol–water partition coefficient (Wildman–Crippen LogP) is 6.03. The molecule has 9 heteroatoms. The zero-order chi connectivity index (χ0) is 27.8. The number of aromatic nitrogens is 3. The van der Waals surface area contributed by atoms with Gasteiger partial charge in [0.1, 0.15) is 28.4 Å². The van der Waals surface area contributed by atoms with Crippen molar-refractivity contribution in [1.82, 2.24) is 19.7 Å². The molecule has 0 aliphatic carbocycles. The summed E-state index contributed by atoms with van der Waals surface area (Å²) < 4.78 is 2.99. The van der Waals surface area contributed by atoms with Crippen LogP contribution in [0.3, 0.4) is 0 Å². The molecule has 2 aliphatic rings. The van der Waals surface area contributed by atoms with Crippen LogP contribution >= 0.6 is 11.9 Å². The maximum atomic E-state index is 13.5. The summed E-state index contributed by atoms with van der Waals surface area (Å²) in [6, 6.07) is 17.2. The van der Waals surface area contributed by atoms with E-state index >= 15 is 0 Å². The molecule has 1 amide bonds. The van der Waals surface area contributed by atoms with E-state index in [1.807, 2.05) is 42.5 Å². The number of hydrogen-bond acceptors (Lipinski definition) is 8. The summed E-state index contributed by atoms with van der Waals surface area (Å²) in [6.45, 7) is 11.7. The molecule has 8 nitrogen and oxygen atoms in total. The maximum absolute atomic E-state index is 13.5. The van der Waals surface area contributed by atoms with Gasteiger partial charge in [-0.1, -0.05) is 32.9 Å². The SMILES string of the molecule is CC(C)(C)c1ccc2c(n1)N1C[C@@H](CC[C@H](c3cccc(C#N)n3)Nc3cccc(n3)SNC2=O)CC1(C)C. The van der Waals surface area contributed by atoms with Crippen LogP contribution in [-0.4, -0.2) is 32.9 Å². The average molecular weight is 542 g/mol. The number of rotatable bonds is 1. The molecule has 39 heavy (non-hydrogen) atoms. The second kappa shape index (κ2) is 10.5. The molecule has 1 saturated heterocycles. The highest BCUT2D eigenvalue weighted by molar-refractivity contribution is 7.97. The number of amides is 1. The van der Waals surface area contributed by atoms with Crippen molar-refractivity contribution in [2.75, 3.05) is 16.8 Å². The van der Waals surface area contributed by atoms with E-state index in [0.717, 1.165) is 43.0 Å². The molecule has 2 atom stereocenters. The number of anilines is 2. The Labute approximate surface area is 234 Å². The maximum Gasteiger partial charge on any atom is 0.265 e. The lowest BCUT2D eigenvalue weighted by atomic mass is 9.90. The lowest BCUT2D eigenvalue weighted by Gasteiger charge is -2.34. The first kappa shape index (κ1) is 26.9. The fourth-order valence-electron chi connectivity index (χ4n) is 5.49. The third kappa shape index (κ3) is 5.86. The van der Waals surface area contributed by atoms with Crippen LogP contribution in [0.4, 0.5) is 11.6 Å². The highest BCUT2D eigenvalue weighted by Gasteiger charge is 2.41. The summed E-state index contributed by atoms with van der Waals surface area (Å²) in [7, 11) is 0. The summed E-state index contributed by atoms with van der Waals surface area (Å²) in [5.41, 5.74) is 2.44. The molecule has 1 fully saturated rings. The van der Waals surface area contributed by atoms with Crippen molar-refractivity contribution >= 4 is 29.5 Å². The number of carbonyl (C=O) groups is 1. The standard InChI is InChI=1S/C30H35N7OS/c1-29(2,3)24-15-13-21-27(34-24)37-18-19(16-30(37,4)5)12-14-23(22-9-6-8-20(17-31)32-22)33-25-10-7-11-26(35-25)39-36-28(21)38/h6-11,13,15,19,23H,12,14,16,18H2,1-5H3,(H,33,35)(H,36,38)/t19-,23+/m0/s1. The van der Waals surface area contributed by atoms with E-state index in [1.165, 1.54) is 11.9 Å². The summed E-state index contributed by atoms with van der Waals surface area (Å²) >= 11 is 1.19. The van der Waals surface area contributed by atoms with Crippen LogP contribution < -0.4 is 14.9 Å². The van der Waals surface area contributed by atoms with Crippen molar-refractivity contribution in [2.45, 2.75) is 75.9 Å². The highest BCUT2D eigenvalue weighted by Crippen LogP contribution is 2.41. The van der Waals surface area contributed by atoms with E-state index in [9.17, 15) is 10.1 Å². The molecule has 3 aromatic heterocycles. The molecule has 0 unspecified atom stereocenters. The minimum absolute atomic E-state index is 0.110. The van der Waals surface area contributed by atoms with Crippen LogP contribution in [0.1, 0.15) is 87.4 Å². The molecule has 4 bridgehead atoms. The number of nitriles is 1. The molecular weight excluding hydrogens is 506 g/mol. The molecule has 0 spiro atoms. The van der Waals surface area contributed by atoms with E-state index in [0.29, 0.717) is 28.0 Å². The van der Waals surface area contributed by atoms with Gasteiger partial charge in [0.15, 0.2) is 0 Å². The number of fused-ring (bicyclic) bond motifs is 6. The van der Waals surface area contributed by atoms with Gasteiger partial charge in [0.25, 0.3) is 5.91 Å². The van der Waals surface area contributed by atoms with Gasteiger partial charge in [0.2, 0.25) is 0 Å². The summed E-state index contributed by atoms with van der Waals surface area (Å²) in [6.07, 6.45) is 2.76. The molecule has 202 valence electrons. The Kier molecular flexibility index (Phi) is 7.25. The smallest absolute Gasteiger partial charge is 0.265 e. The second-order valence-corrected chi connectivity index (χ2v) is 12.9. The summed E-state index contributed by atoms with van der Waals surface area (Å²) in [5, 5.41) is 13.7. The Morgan fingerprint density at radius 3 is 2.62 bits per heavy atom. The van der Waals surface area contributed by atoms with Gasteiger partial charge in [-0.05, 0) is 75.4 Å². The van der Waals surface area contributed by atoms with Crippen LogP contribution in [0.5, 0.6) is 0 Å². The fraction of sp³-hybridized carbons (Fsp3) is 0.433. The predicted molar refractivity (Wildman–Crippen MR) is 155 cm³/mol. The molecular formula is C30H35N7OS. The van der Waals surface area contributed by atoms with Crippen molar-refractivity contribution in [3.05, 3.63) is 71.2 Å². The lowest BCUT2D eigenvalue weighted by Crippen LogP contribution is -2.40. The van der Waals surface area contributed by atoms with E-state index in [4.69, 9.17) is 9.97 Å². The minimum Gasteiger partial charge on any atom is -0.362 e. The number of carbonyl (C=O) groups excluding carboxylic acids is 1. The van der Waals surface area contributed by atoms with E-state index in [-0.39, 0.29) is 22.9 Å². The first-order chi connectivity index (χ1) is 18.5. The fourth-order valence-corrected chi connectivity index (χ4v) is 6.09. The van der Waals surface area contributed by atoms with Gasteiger partial charge in [-0.2, -0.15) is 5.26 Å². The quantitative estimate of drug-likeness (QED) is 0.360. The molecule has 5 heterocycles. The second-order valence-electron chi connectivity index (χ2n) is 12.0. The van der Waals surface area contributed by atoms with Crippen LogP contribution in [0.25, 0.3) is 0 Å². The number of nitrogens with one attached hydrogen (secondary N) is 2. The molecule has 2 aliphatic heterocycles. The van der Waals surface area contributed by atoms with Crippen LogP contribution in [0.15, 0.2) is 53.6 Å². The average Bonchev–Trinajstić information content (AvgIpc) is 3.22. The van der Waals surface area contributed by atoms with Gasteiger partial charge in [0.05, 0.1) is 17.3 Å². The zero-order valence-electron chi connectivity index (χ0n) is 23.2. The van der Waals surface area contributed by atoms with Crippen LogP contribution in [-0.2, 0) is 5.41 Å². The normalized spacial score (nSPS) is 21.0. The first-order valence-corrected chi connectivity index (χ1v) is 14.2. The van der Waals surface area contributed by atoms with Crippen LogP contribution in [0.2, 0.25) is 0 Å². The Morgan fingerprint density at radius 2 is 1.85 bits per heavy atom. The van der Waals surface area contributed by atoms with Crippen molar-refractivity contribution < 1.29 is 4.79 Å². The number of hydrogen-bond donors (Lipinski definition) is 2. The van der Waals surface area contributed by atoms with Gasteiger partial charge in [-0.15, -0.1) is 0 Å². The van der Waals surface area contributed by atoms with Crippen molar-refractivity contribution in [3.8, 4) is 6.07 Å². The molecule has 0 aromatic carbocycles. The van der Waals surface area contributed by atoms with E-state index < -0.39 is 0 Å². The van der Waals surface area contributed by atoms with Crippen molar-refractivity contribution in [1.29, 1.82) is 5.26 Å². The molecule has 5 rings (SSSR count). The minimum atomic E-state index is -0.187. The Bertz CT molecular complexity index is 1430. The first-order valence-electron chi connectivity index (χ1n) is 13.4. The van der Waals surface area contributed by atoms with Crippen molar-refractivity contribution in [3.63, 3.8) is 0 Å². The van der Waals surface area contributed by atoms with Gasteiger partial charge in [-0.25, -0.2) is 15.0 Å². The third-order valence-corrected chi connectivity index (χ3v) is 8.23. The van der Waals surface area contributed by atoms with Gasteiger partial charge in [0, 0.05) is 35.1 Å². The number of pyridine rings is 3. The monoisotopic (exact) mass is 541 g/mol. The highest BCUT2D eigenvalue weighted by atomic mass is 32.2. The topological polar surface area (TPSA) is 107 Å².